The molecule has 0 spiro atoms. The van der Waals surface area contributed by atoms with E-state index in [9.17, 15) is 9.59 Å². The molecule has 2 amide bonds. The van der Waals surface area contributed by atoms with Gasteiger partial charge in [0.05, 0.1) is 24.6 Å². The van der Waals surface area contributed by atoms with E-state index >= 15 is 0 Å². The highest BCUT2D eigenvalue weighted by molar-refractivity contribution is 5.99. The van der Waals surface area contributed by atoms with Crippen molar-refractivity contribution in [3.8, 4) is 5.69 Å². The maximum absolute atomic E-state index is 13.0. The number of aryl methyl sites for hydroxylation is 2. The van der Waals surface area contributed by atoms with E-state index < -0.39 is 0 Å². The Morgan fingerprint density at radius 2 is 1.65 bits per heavy atom. The van der Waals surface area contributed by atoms with Crippen molar-refractivity contribution in [1.82, 2.24) is 14.7 Å². The van der Waals surface area contributed by atoms with Crippen molar-refractivity contribution in [2.45, 2.75) is 20.8 Å². The molecule has 0 saturated carbocycles. The summed E-state index contributed by atoms with van der Waals surface area (Å²) >= 11 is 0. The first-order chi connectivity index (χ1) is 16.4. The number of benzene rings is 2. The van der Waals surface area contributed by atoms with Crippen LogP contribution in [0.1, 0.15) is 28.7 Å². The number of hydrogen-bond acceptors (Lipinski definition) is 5. The molecule has 1 aromatic heterocycles. The highest BCUT2D eigenvalue weighted by Crippen LogP contribution is 2.19. The molecule has 0 bridgehead atoms. The number of rotatable bonds is 7. The molecule has 0 aliphatic carbocycles. The fraction of sp³-hybridized carbons (Fsp3) is 0.346. The molecule has 34 heavy (non-hydrogen) atoms. The van der Waals surface area contributed by atoms with Crippen LogP contribution in [0.2, 0.25) is 0 Å². The van der Waals surface area contributed by atoms with Crippen molar-refractivity contribution in [2.24, 2.45) is 0 Å². The fourth-order valence-corrected chi connectivity index (χ4v) is 4.10. The minimum Gasteiger partial charge on any atom is -0.378 e. The lowest BCUT2D eigenvalue weighted by Crippen LogP contribution is -2.38. The minimum absolute atomic E-state index is 0.0141. The van der Waals surface area contributed by atoms with Gasteiger partial charge >= 0.3 is 0 Å². The Bertz CT molecular complexity index is 1130. The predicted octanol–water partition coefficient (Wildman–Crippen LogP) is 3.43. The SMILES string of the molecule is CCN(CC(=O)Nc1ccc(N2CCOCC2)cc1)C(=O)c1ccc(-n2nc(C)cc2C)cc1. The third kappa shape index (κ3) is 5.46. The lowest BCUT2D eigenvalue weighted by atomic mass is 10.1. The van der Waals surface area contributed by atoms with Gasteiger partial charge in [-0.25, -0.2) is 4.68 Å². The Kier molecular flexibility index (Phi) is 7.27. The molecule has 1 aliphatic rings. The maximum Gasteiger partial charge on any atom is 0.254 e. The van der Waals surface area contributed by atoms with Crippen LogP contribution >= 0.6 is 0 Å². The van der Waals surface area contributed by atoms with Gasteiger partial charge in [-0.1, -0.05) is 0 Å². The van der Waals surface area contributed by atoms with Gasteiger partial charge in [0.25, 0.3) is 5.91 Å². The van der Waals surface area contributed by atoms with E-state index in [0.717, 1.165) is 49.1 Å². The van der Waals surface area contributed by atoms with Crippen LogP contribution in [0.5, 0.6) is 0 Å². The van der Waals surface area contributed by atoms with Crippen molar-refractivity contribution in [2.75, 3.05) is 49.6 Å². The van der Waals surface area contributed by atoms with Crippen LogP contribution in [0.4, 0.5) is 11.4 Å². The lowest BCUT2D eigenvalue weighted by molar-refractivity contribution is -0.116. The van der Waals surface area contributed by atoms with Gasteiger partial charge in [-0.05, 0) is 75.4 Å². The van der Waals surface area contributed by atoms with Gasteiger partial charge in [0.2, 0.25) is 5.91 Å². The summed E-state index contributed by atoms with van der Waals surface area (Å²) in [5.74, 6) is -0.409. The number of carbonyl (C=O) groups excluding carboxylic acids is 2. The minimum atomic E-state index is -0.228. The summed E-state index contributed by atoms with van der Waals surface area (Å²) in [6.07, 6.45) is 0. The van der Waals surface area contributed by atoms with Gasteiger partial charge in [0, 0.05) is 42.3 Å². The number of nitrogens with zero attached hydrogens (tertiary/aromatic N) is 4. The Balaban J connectivity index is 1.36. The lowest BCUT2D eigenvalue weighted by Gasteiger charge is -2.29. The second-order valence-electron chi connectivity index (χ2n) is 8.40. The number of amides is 2. The van der Waals surface area contributed by atoms with Crippen LogP contribution in [0.3, 0.4) is 0 Å². The molecule has 2 heterocycles. The number of likely N-dealkylation sites (N-methyl/N-ethyl adjacent to an activating group) is 1. The molecule has 3 aromatic rings. The molecular formula is C26H31N5O3. The molecule has 178 valence electrons. The molecular weight excluding hydrogens is 430 g/mol. The van der Waals surface area contributed by atoms with Gasteiger partial charge < -0.3 is 19.9 Å². The van der Waals surface area contributed by atoms with Crippen molar-refractivity contribution < 1.29 is 14.3 Å². The first kappa shape index (κ1) is 23.5. The zero-order valence-electron chi connectivity index (χ0n) is 20.0. The zero-order chi connectivity index (χ0) is 24.1. The van der Waals surface area contributed by atoms with Crippen molar-refractivity contribution in [3.05, 3.63) is 71.5 Å². The number of hydrogen-bond donors (Lipinski definition) is 1. The number of aromatic nitrogens is 2. The first-order valence-electron chi connectivity index (χ1n) is 11.6. The molecule has 8 nitrogen and oxygen atoms in total. The van der Waals surface area contributed by atoms with E-state index in [-0.39, 0.29) is 18.4 Å². The Labute approximate surface area is 200 Å². The Hall–Kier alpha value is -3.65. The van der Waals surface area contributed by atoms with Gasteiger partial charge in [0.15, 0.2) is 0 Å². The monoisotopic (exact) mass is 461 g/mol. The van der Waals surface area contributed by atoms with E-state index in [2.05, 4.69) is 15.3 Å². The molecule has 1 fully saturated rings. The van der Waals surface area contributed by atoms with Gasteiger partial charge in [-0.15, -0.1) is 0 Å². The molecule has 1 N–H and O–H groups in total. The normalized spacial score (nSPS) is 13.6. The quantitative estimate of drug-likeness (QED) is 0.583. The van der Waals surface area contributed by atoms with Gasteiger partial charge in [0.1, 0.15) is 6.54 Å². The van der Waals surface area contributed by atoms with Crippen LogP contribution in [-0.2, 0) is 9.53 Å². The second kappa shape index (κ2) is 10.5. The van der Waals surface area contributed by atoms with Gasteiger partial charge in [-0.2, -0.15) is 5.10 Å². The summed E-state index contributed by atoms with van der Waals surface area (Å²) in [7, 11) is 0. The zero-order valence-corrected chi connectivity index (χ0v) is 20.0. The van der Waals surface area contributed by atoms with E-state index in [1.165, 1.54) is 4.90 Å². The fourth-order valence-electron chi connectivity index (χ4n) is 4.10. The maximum atomic E-state index is 13.0. The van der Waals surface area contributed by atoms with Crippen LogP contribution < -0.4 is 10.2 Å². The number of morpholine rings is 1. The van der Waals surface area contributed by atoms with Crippen LogP contribution in [0.15, 0.2) is 54.6 Å². The van der Waals surface area contributed by atoms with E-state index in [0.29, 0.717) is 17.8 Å². The van der Waals surface area contributed by atoms with Crippen molar-refractivity contribution in [3.63, 3.8) is 0 Å². The number of ether oxygens (including phenoxy) is 1. The smallest absolute Gasteiger partial charge is 0.254 e. The summed E-state index contributed by atoms with van der Waals surface area (Å²) in [5.41, 5.74) is 5.21. The summed E-state index contributed by atoms with van der Waals surface area (Å²) in [4.78, 5) is 29.4. The number of carbonyl (C=O) groups is 2. The second-order valence-corrected chi connectivity index (χ2v) is 8.40. The highest BCUT2D eigenvalue weighted by Gasteiger charge is 2.18. The summed E-state index contributed by atoms with van der Waals surface area (Å²) in [5, 5.41) is 7.37. The number of nitrogens with one attached hydrogen (secondary N) is 1. The molecule has 0 radical (unpaired) electrons. The van der Waals surface area contributed by atoms with Crippen LogP contribution in [0, 0.1) is 13.8 Å². The third-order valence-corrected chi connectivity index (χ3v) is 5.90. The molecule has 0 atom stereocenters. The third-order valence-electron chi connectivity index (χ3n) is 5.90. The van der Waals surface area contributed by atoms with Crippen LogP contribution in [-0.4, -0.2) is 65.9 Å². The summed E-state index contributed by atoms with van der Waals surface area (Å²) in [6.45, 7) is 9.41. The van der Waals surface area contributed by atoms with Crippen LogP contribution in [0.25, 0.3) is 5.69 Å². The average molecular weight is 462 g/mol. The molecule has 2 aromatic carbocycles. The molecule has 4 rings (SSSR count). The Morgan fingerprint density at radius 1 is 1.00 bits per heavy atom. The van der Waals surface area contributed by atoms with Crippen molar-refractivity contribution >= 4 is 23.2 Å². The van der Waals surface area contributed by atoms with Gasteiger partial charge in [-0.3, -0.25) is 9.59 Å². The Morgan fingerprint density at radius 3 is 2.24 bits per heavy atom. The molecule has 0 unspecified atom stereocenters. The molecule has 1 aliphatic heterocycles. The largest absolute Gasteiger partial charge is 0.378 e. The molecule has 8 heteroatoms. The topological polar surface area (TPSA) is 79.7 Å². The summed E-state index contributed by atoms with van der Waals surface area (Å²) < 4.78 is 7.24. The standard InChI is InChI=1S/C26H31N5O3/c1-4-29(26(33)21-5-9-24(10-6-21)31-20(3)17-19(2)28-31)18-25(32)27-22-7-11-23(12-8-22)30-13-15-34-16-14-30/h5-12,17H,4,13-16,18H2,1-3H3,(H,27,32). The number of anilines is 2. The summed E-state index contributed by atoms with van der Waals surface area (Å²) in [6, 6.07) is 17.1. The van der Waals surface area contributed by atoms with E-state index in [1.807, 2.05) is 67.9 Å². The van der Waals surface area contributed by atoms with E-state index in [1.54, 1.807) is 12.1 Å². The first-order valence-corrected chi connectivity index (χ1v) is 11.6. The van der Waals surface area contributed by atoms with Crippen molar-refractivity contribution in [1.29, 1.82) is 0 Å². The highest BCUT2D eigenvalue weighted by atomic mass is 16.5. The molecule has 1 saturated heterocycles. The average Bonchev–Trinajstić information content (AvgIpc) is 3.21. The van der Waals surface area contributed by atoms with E-state index in [4.69, 9.17) is 4.74 Å². The predicted molar refractivity (Wildman–Crippen MR) is 133 cm³/mol.